The summed E-state index contributed by atoms with van der Waals surface area (Å²) in [6.45, 7) is 2.24. The van der Waals surface area contributed by atoms with Gasteiger partial charge in [0.1, 0.15) is 4.88 Å². The van der Waals surface area contributed by atoms with Crippen molar-refractivity contribution in [1.29, 1.82) is 0 Å². The number of aryl methyl sites for hydroxylation is 1. The third kappa shape index (κ3) is 3.05. The second kappa shape index (κ2) is 5.59. The molecule has 19 heavy (non-hydrogen) atoms. The third-order valence-electron chi connectivity index (χ3n) is 2.72. The van der Waals surface area contributed by atoms with Crippen LogP contribution in [-0.2, 0) is 6.54 Å². The second-order valence-corrected chi connectivity index (χ2v) is 5.66. The maximum absolute atomic E-state index is 12.3. The van der Waals surface area contributed by atoms with Crippen LogP contribution in [0.1, 0.15) is 20.9 Å². The topological polar surface area (TPSA) is 59.2 Å². The van der Waals surface area contributed by atoms with Crippen molar-refractivity contribution in [1.82, 2.24) is 9.88 Å². The van der Waals surface area contributed by atoms with Gasteiger partial charge in [-0.15, -0.1) is 0 Å². The number of anilines is 1. The Labute approximate surface area is 120 Å². The van der Waals surface area contributed by atoms with E-state index in [1.807, 2.05) is 24.3 Å². The lowest BCUT2D eigenvalue weighted by Crippen LogP contribution is -2.26. The lowest BCUT2D eigenvalue weighted by molar-refractivity contribution is 0.0789. The van der Waals surface area contributed by atoms with Crippen LogP contribution in [0.5, 0.6) is 0 Å². The standard InChI is InChI=1S/C13H14ClN3OS/c1-8-11(19-13(15)16-8)12(18)17(2)7-9-5-3-4-6-10(9)14/h3-6H,7H2,1-2H3,(H2,15,16). The van der Waals surface area contributed by atoms with Gasteiger partial charge in [-0.25, -0.2) is 4.98 Å². The predicted molar refractivity (Wildman–Crippen MR) is 78.5 cm³/mol. The maximum Gasteiger partial charge on any atom is 0.265 e. The summed E-state index contributed by atoms with van der Waals surface area (Å²) in [6, 6.07) is 7.47. The van der Waals surface area contributed by atoms with E-state index < -0.39 is 0 Å². The van der Waals surface area contributed by atoms with Crippen LogP contribution in [0, 0.1) is 6.92 Å². The molecule has 0 bridgehead atoms. The maximum atomic E-state index is 12.3. The molecule has 0 atom stereocenters. The number of halogens is 1. The monoisotopic (exact) mass is 295 g/mol. The molecule has 1 heterocycles. The highest BCUT2D eigenvalue weighted by atomic mass is 35.5. The molecule has 0 spiro atoms. The van der Waals surface area contributed by atoms with Crippen LogP contribution in [0.25, 0.3) is 0 Å². The van der Waals surface area contributed by atoms with Crippen molar-refractivity contribution in [3.8, 4) is 0 Å². The van der Waals surface area contributed by atoms with Gasteiger partial charge in [0.15, 0.2) is 5.13 Å². The summed E-state index contributed by atoms with van der Waals surface area (Å²) in [7, 11) is 1.74. The molecule has 2 rings (SSSR count). The molecule has 4 nitrogen and oxygen atoms in total. The van der Waals surface area contributed by atoms with Gasteiger partial charge >= 0.3 is 0 Å². The Kier molecular flexibility index (Phi) is 4.07. The lowest BCUT2D eigenvalue weighted by Gasteiger charge is -2.17. The number of thiazole rings is 1. The molecule has 0 aliphatic heterocycles. The van der Waals surface area contributed by atoms with Crippen molar-refractivity contribution >= 4 is 34.0 Å². The van der Waals surface area contributed by atoms with Crippen molar-refractivity contribution in [3.63, 3.8) is 0 Å². The number of rotatable bonds is 3. The Bertz CT molecular complexity index is 612. The Hall–Kier alpha value is -1.59. The molecule has 1 aromatic heterocycles. The summed E-state index contributed by atoms with van der Waals surface area (Å²) in [5.74, 6) is -0.0911. The van der Waals surface area contributed by atoms with Crippen molar-refractivity contribution < 1.29 is 4.79 Å². The minimum atomic E-state index is -0.0911. The molecular formula is C13H14ClN3OS. The Morgan fingerprint density at radius 2 is 2.16 bits per heavy atom. The van der Waals surface area contributed by atoms with Crippen LogP contribution in [0.15, 0.2) is 24.3 Å². The summed E-state index contributed by atoms with van der Waals surface area (Å²) in [4.78, 5) is 18.5. The van der Waals surface area contributed by atoms with E-state index in [-0.39, 0.29) is 5.91 Å². The van der Waals surface area contributed by atoms with Crippen molar-refractivity contribution in [2.45, 2.75) is 13.5 Å². The smallest absolute Gasteiger partial charge is 0.265 e. The highest BCUT2D eigenvalue weighted by Crippen LogP contribution is 2.23. The highest BCUT2D eigenvalue weighted by molar-refractivity contribution is 7.17. The molecule has 0 fully saturated rings. The summed E-state index contributed by atoms with van der Waals surface area (Å²) < 4.78 is 0. The Morgan fingerprint density at radius 1 is 1.47 bits per heavy atom. The number of nitrogen functional groups attached to an aromatic ring is 1. The van der Waals surface area contributed by atoms with E-state index in [4.69, 9.17) is 17.3 Å². The van der Waals surface area contributed by atoms with Crippen LogP contribution in [-0.4, -0.2) is 22.8 Å². The molecular weight excluding hydrogens is 282 g/mol. The molecule has 2 aromatic rings. The highest BCUT2D eigenvalue weighted by Gasteiger charge is 2.18. The van der Waals surface area contributed by atoms with E-state index in [9.17, 15) is 4.79 Å². The van der Waals surface area contributed by atoms with E-state index in [0.717, 1.165) is 5.56 Å². The molecule has 0 saturated carbocycles. The van der Waals surface area contributed by atoms with Crippen LogP contribution < -0.4 is 5.73 Å². The quantitative estimate of drug-likeness (QED) is 0.947. The minimum absolute atomic E-state index is 0.0911. The Balaban J connectivity index is 2.16. The summed E-state index contributed by atoms with van der Waals surface area (Å²) in [6.07, 6.45) is 0. The van der Waals surface area contributed by atoms with Crippen molar-refractivity contribution in [3.05, 3.63) is 45.4 Å². The van der Waals surface area contributed by atoms with Gasteiger partial charge < -0.3 is 10.6 Å². The van der Waals surface area contributed by atoms with Gasteiger partial charge in [0, 0.05) is 18.6 Å². The zero-order valence-corrected chi connectivity index (χ0v) is 12.3. The SMILES string of the molecule is Cc1nc(N)sc1C(=O)N(C)Cc1ccccc1Cl. The van der Waals surface area contributed by atoms with Crippen LogP contribution >= 0.6 is 22.9 Å². The molecule has 100 valence electrons. The average Bonchev–Trinajstić information content (AvgIpc) is 2.70. The van der Waals surface area contributed by atoms with Gasteiger partial charge in [-0.3, -0.25) is 4.79 Å². The number of aromatic nitrogens is 1. The normalized spacial score (nSPS) is 10.5. The van der Waals surface area contributed by atoms with Crippen LogP contribution in [0.3, 0.4) is 0 Å². The molecule has 0 unspecified atom stereocenters. The number of amides is 1. The van der Waals surface area contributed by atoms with E-state index in [2.05, 4.69) is 4.98 Å². The number of benzene rings is 1. The van der Waals surface area contributed by atoms with Gasteiger partial charge in [0.05, 0.1) is 5.69 Å². The number of carbonyl (C=O) groups excluding carboxylic acids is 1. The molecule has 1 aromatic carbocycles. The lowest BCUT2D eigenvalue weighted by atomic mass is 10.2. The second-order valence-electron chi connectivity index (χ2n) is 4.22. The number of carbonyl (C=O) groups is 1. The first kappa shape index (κ1) is 13.8. The number of hydrogen-bond acceptors (Lipinski definition) is 4. The largest absolute Gasteiger partial charge is 0.375 e. The van der Waals surface area contributed by atoms with Crippen molar-refractivity contribution in [2.24, 2.45) is 0 Å². The first-order valence-electron chi connectivity index (χ1n) is 5.71. The molecule has 1 amide bonds. The first-order chi connectivity index (χ1) is 8.99. The zero-order valence-electron chi connectivity index (χ0n) is 10.7. The molecule has 0 radical (unpaired) electrons. The fourth-order valence-electron chi connectivity index (χ4n) is 1.74. The fourth-order valence-corrected chi connectivity index (χ4v) is 2.77. The van der Waals surface area contributed by atoms with Gasteiger partial charge in [0.25, 0.3) is 5.91 Å². The van der Waals surface area contributed by atoms with Crippen LogP contribution in [0.2, 0.25) is 5.02 Å². The number of nitrogens with two attached hydrogens (primary N) is 1. The van der Waals surface area contributed by atoms with Gasteiger partial charge in [-0.1, -0.05) is 41.1 Å². The molecule has 0 saturated heterocycles. The molecule has 0 aliphatic rings. The van der Waals surface area contributed by atoms with Crippen molar-refractivity contribution in [2.75, 3.05) is 12.8 Å². The number of nitrogens with zero attached hydrogens (tertiary/aromatic N) is 2. The molecule has 6 heteroatoms. The predicted octanol–water partition coefficient (Wildman–Crippen LogP) is 2.96. The van der Waals surface area contributed by atoms with E-state index >= 15 is 0 Å². The van der Waals surface area contributed by atoms with Gasteiger partial charge in [0.2, 0.25) is 0 Å². The Morgan fingerprint density at radius 3 is 2.74 bits per heavy atom. The first-order valence-corrected chi connectivity index (χ1v) is 6.90. The van der Waals surface area contributed by atoms with Gasteiger partial charge in [-0.05, 0) is 18.6 Å². The fraction of sp³-hybridized carbons (Fsp3) is 0.231. The molecule has 0 aliphatic carbocycles. The third-order valence-corrected chi connectivity index (χ3v) is 4.06. The van der Waals surface area contributed by atoms with E-state index in [0.29, 0.717) is 27.3 Å². The minimum Gasteiger partial charge on any atom is -0.375 e. The van der Waals surface area contributed by atoms with Crippen LogP contribution in [0.4, 0.5) is 5.13 Å². The summed E-state index contributed by atoms with van der Waals surface area (Å²) in [5.41, 5.74) is 7.19. The van der Waals surface area contributed by atoms with Gasteiger partial charge in [-0.2, -0.15) is 0 Å². The molecule has 2 N–H and O–H groups in total. The van der Waals surface area contributed by atoms with E-state index in [1.165, 1.54) is 11.3 Å². The zero-order chi connectivity index (χ0) is 14.0. The average molecular weight is 296 g/mol. The summed E-state index contributed by atoms with van der Waals surface area (Å²) >= 11 is 7.29. The summed E-state index contributed by atoms with van der Waals surface area (Å²) in [5, 5.41) is 1.06. The number of hydrogen-bond donors (Lipinski definition) is 1. The van der Waals surface area contributed by atoms with E-state index in [1.54, 1.807) is 18.9 Å².